The number of methoxy groups -OCH3 is 1. The van der Waals surface area contributed by atoms with Crippen molar-refractivity contribution in [2.45, 2.75) is 19.9 Å². The second kappa shape index (κ2) is 7.40. The van der Waals surface area contributed by atoms with E-state index in [0.717, 1.165) is 4.90 Å². The number of imide groups is 1. The molecule has 0 fully saturated rings. The van der Waals surface area contributed by atoms with E-state index >= 15 is 0 Å². The summed E-state index contributed by atoms with van der Waals surface area (Å²) in [5.41, 5.74) is 1.17. The maximum absolute atomic E-state index is 13.3. The molecule has 7 heteroatoms. The smallest absolute Gasteiger partial charge is 0.278 e. The van der Waals surface area contributed by atoms with E-state index in [-0.39, 0.29) is 17.3 Å². The summed E-state index contributed by atoms with van der Waals surface area (Å²) in [6, 6.07) is 10.0. The minimum Gasteiger partial charge on any atom is -0.495 e. The number of anilines is 1. The van der Waals surface area contributed by atoms with Gasteiger partial charge in [-0.05, 0) is 49.7 Å². The zero-order chi connectivity index (χ0) is 19.7. The zero-order valence-electron chi connectivity index (χ0n) is 15.0. The number of carbonyl (C=O) groups excluding carboxylic acids is 2. The summed E-state index contributed by atoms with van der Waals surface area (Å²) in [6.07, 6.45) is 0. The lowest BCUT2D eigenvalue weighted by Gasteiger charge is -2.19. The number of hydrogen-bond acceptors (Lipinski definition) is 4. The highest BCUT2D eigenvalue weighted by atomic mass is 35.5. The molecule has 0 aliphatic carbocycles. The zero-order valence-corrected chi connectivity index (χ0v) is 15.8. The van der Waals surface area contributed by atoms with Gasteiger partial charge < -0.3 is 10.1 Å². The van der Waals surface area contributed by atoms with Crippen LogP contribution in [0.25, 0.3) is 5.57 Å². The second-order valence-corrected chi connectivity index (χ2v) is 6.74. The van der Waals surface area contributed by atoms with Gasteiger partial charge in [0.2, 0.25) is 0 Å². The molecule has 2 aromatic rings. The molecule has 1 heterocycles. The molecular formula is C20H18ClFN2O3. The number of nitrogens with one attached hydrogen (secondary N) is 1. The first-order valence-electron chi connectivity index (χ1n) is 8.32. The maximum atomic E-state index is 13.3. The largest absolute Gasteiger partial charge is 0.495 e. The van der Waals surface area contributed by atoms with Crippen LogP contribution in [0.5, 0.6) is 5.75 Å². The molecule has 0 unspecified atom stereocenters. The summed E-state index contributed by atoms with van der Waals surface area (Å²) in [4.78, 5) is 27.0. The molecule has 140 valence electrons. The van der Waals surface area contributed by atoms with Crippen LogP contribution in [-0.4, -0.2) is 29.9 Å². The van der Waals surface area contributed by atoms with Gasteiger partial charge in [-0.15, -0.1) is 0 Å². The third kappa shape index (κ3) is 3.53. The molecule has 1 aliphatic heterocycles. The number of carbonyl (C=O) groups is 2. The molecule has 5 nitrogen and oxygen atoms in total. The molecule has 1 N–H and O–H groups in total. The van der Waals surface area contributed by atoms with Crippen molar-refractivity contribution in [2.75, 3.05) is 12.4 Å². The highest BCUT2D eigenvalue weighted by Gasteiger charge is 2.40. The Morgan fingerprint density at radius 3 is 2.33 bits per heavy atom. The Kier molecular flexibility index (Phi) is 5.19. The summed E-state index contributed by atoms with van der Waals surface area (Å²) < 4.78 is 18.6. The fraction of sp³-hybridized carbons (Fsp3) is 0.200. The van der Waals surface area contributed by atoms with Gasteiger partial charge in [-0.1, -0.05) is 23.7 Å². The summed E-state index contributed by atoms with van der Waals surface area (Å²) in [6.45, 7) is 3.50. The molecule has 3 rings (SSSR count). The van der Waals surface area contributed by atoms with Crippen LogP contribution in [0.4, 0.5) is 10.1 Å². The van der Waals surface area contributed by atoms with Crippen molar-refractivity contribution < 1.29 is 18.7 Å². The van der Waals surface area contributed by atoms with Crippen LogP contribution < -0.4 is 10.1 Å². The van der Waals surface area contributed by atoms with Crippen molar-refractivity contribution in [3.05, 3.63) is 64.6 Å². The van der Waals surface area contributed by atoms with Crippen LogP contribution in [0.3, 0.4) is 0 Å². The summed E-state index contributed by atoms with van der Waals surface area (Å²) in [5, 5.41) is 3.44. The number of hydrogen-bond donors (Lipinski definition) is 1. The van der Waals surface area contributed by atoms with E-state index in [0.29, 0.717) is 22.0 Å². The Hall–Kier alpha value is -2.86. The Labute approximate surface area is 161 Å². The van der Waals surface area contributed by atoms with Crippen LogP contribution in [0, 0.1) is 5.82 Å². The van der Waals surface area contributed by atoms with Crippen molar-refractivity contribution in [3.8, 4) is 5.75 Å². The molecule has 0 atom stereocenters. The van der Waals surface area contributed by atoms with E-state index < -0.39 is 17.6 Å². The van der Waals surface area contributed by atoms with E-state index in [4.69, 9.17) is 16.3 Å². The fourth-order valence-corrected chi connectivity index (χ4v) is 3.10. The number of rotatable bonds is 5. The first-order chi connectivity index (χ1) is 12.8. The minimum absolute atomic E-state index is 0.0980. The number of nitrogens with zero attached hydrogens (tertiary/aromatic N) is 1. The van der Waals surface area contributed by atoms with Gasteiger partial charge in [0.1, 0.15) is 17.3 Å². The summed E-state index contributed by atoms with van der Waals surface area (Å²) >= 11 is 6.06. The average Bonchev–Trinajstić information content (AvgIpc) is 2.86. The highest BCUT2D eigenvalue weighted by molar-refractivity contribution is 6.37. The Balaban J connectivity index is 2.14. The standard InChI is InChI=1S/C20H18ClFN2O3/c1-11(2)24-19(25)17(12-4-7-14(22)8-5-12)18(20(24)26)23-15-10-13(21)6-9-16(15)27-3/h4-11,23H,1-3H3. The molecule has 2 amide bonds. The van der Waals surface area contributed by atoms with E-state index in [2.05, 4.69) is 5.32 Å². The van der Waals surface area contributed by atoms with Crippen LogP contribution in [0.15, 0.2) is 48.2 Å². The number of amides is 2. The SMILES string of the molecule is COc1ccc(Cl)cc1NC1=C(c2ccc(F)cc2)C(=O)N(C(C)C)C1=O. The first-order valence-corrected chi connectivity index (χ1v) is 8.70. The quantitative estimate of drug-likeness (QED) is 0.784. The van der Waals surface area contributed by atoms with E-state index in [1.807, 2.05) is 0 Å². The Morgan fingerprint density at radius 2 is 1.74 bits per heavy atom. The first kappa shape index (κ1) is 18.9. The second-order valence-electron chi connectivity index (χ2n) is 6.30. The van der Waals surface area contributed by atoms with Crippen molar-refractivity contribution in [1.29, 1.82) is 0 Å². The topological polar surface area (TPSA) is 58.6 Å². The van der Waals surface area contributed by atoms with E-state index in [9.17, 15) is 14.0 Å². The number of benzene rings is 2. The van der Waals surface area contributed by atoms with Gasteiger partial charge in [0, 0.05) is 11.1 Å². The molecule has 0 saturated carbocycles. The van der Waals surface area contributed by atoms with Crippen LogP contribution in [0.2, 0.25) is 5.02 Å². The van der Waals surface area contributed by atoms with Gasteiger partial charge in [-0.25, -0.2) is 4.39 Å². The summed E-state index contributed by atoms with van der Waals surface area (Å²) in [7, 11) is 1.49. The predicted octanol–water partition coefficient (Wildman–Crippen LogP) is 4.09. The van der Waals surface area contributed by atoms with Crippen molar-refractivity contribution in [2.24, 2.45) is 0 Å². The normalized spacial score (nSPS) is 14.4. The van der Waals surface area contributed by atoms with Crippen molar-refractivity contribution in [3.63, 3.8) is 0 Å². The number of ether oxygens (including phenoxy) is 1. The van der Waals surface area contributed by atoms with E-state index in [1.54, 1.807) is 32.0 Å². The lowest BCUT2D eigenvalue weighted by atomic mass is 10.0. The molecule has 2 aromatic carbocycles. The third-order valence-corrected chi connectivity index (χ3v) is 4.42. The fourth-order valence-electron chi connectivity index (χ4n) is 2.93. The predicted molar refractivity (Wildman–Crippen MR) is 102 cm³/mol. The van der Waals surface area contributed by atoms with E-state index in [1.165, 1.54) is 31.4 Å². The lowest BCUT2D eigenvalue weighted by molar-refractivity contribution is -0.138. The highest BCUT2D eigenvalue weighted by Crippen LogP contribution is 2.35. The van der Waals surface area contributed by atoms with Gasteiger partial charge >= 0.3 is 0 Å². The van der Waals surface area contributed by atoms with Crippen LogP contribution >= 0.6 is 11.6 Å². The molecule has 27 heavy (non-hydrogen) atoms. The van der Waals surface area contributed by atoms with Crippen molar-refractivity contribution >= 4 is 34.7 Å². The van der Waals surface area contributed by atoms with Gasteiger partial charge in [0.25, 0.3) is 11.8 Å². The molecule has 0 saturated heterocycles. The summed E-state index contributed by atoms with van der Waals surface area (Å²) in [5.74, 6) is -0.863. The Morgan fingerprint density at radius 1 is 1.07 bits per heavy atom. The maximum Gasteiger partial charge on any atom is 0.278 e. The Bertz CT molecular complexity index is 939. The molecule has 0 spiro atoms. The van der Waals surface area contributed by atoms with Gasteiger partial charge in [-0.3, -0.25) is 14.5 Å². The van der Waals surface area contributed by atoms with Gasteiger partial charge in [-0.2, -0.15) is 0 Å². The molecular weight excluding hydrogens is 371 g/mol. The monoisotopic (exact) mass is 388 g/mol. The third-order valence-electron chi connectivity index (χ3n) is 4.19. The number of halogens is 2. The molecule has 0 radical (unpaired) electrons. The molecule has 0 aromatic heterocycles. The molecule has 0 bridgehead atoms. The average molecular weight is 389 g/mol. The lowest BCUT2D eigenvalue weighted by Crippen LogP contribution is -2.38. The molecule has 1 aliphatic rings. The van der Waals surface area contributed by atoms with Gasteiger partial charge in [0.15, 0.2) is 0 Å². The van der Waals surface area contributed by atoms with Gasteiger partial charge in [0.05, 0.1) is 18.4 Å². The van der Waals surface area contributed by atoms with Crippen molar-refractivity contribution in [1.82, 2.24) is 4.90 Å². The minimum atomic E-state index is -0.462. The van der Waals surface area contributed by atoms with Crippen LogP contribution in [0.1, 0.15) is 19.4 Å². The van der Waals surface area contributed by atoms with Crippen LogP contribution in [-0.2, 0) is 9.59 Å².